The van der Waals surface area contributed by atoms with Crippen LogP contribution in [0.3, 0.4) is 0 Å². The van der Waals surface area contributed by atoms with Crippen LogP contribution in [0.2, 0.25) is 10.0 Å². The third kappa shape index (κ3) is 4.42. The summed E-state index contributed by atoms with van der Waals surface area (Å²) < 4.78 is 0. The van der Waals surface area contributed by atoms with E-state index in [4.69, 9.17) is 23.2 Å². The second kappa shape index (κ2) is 7.59. The summed E-state index contributed by atoms with van der Waals surface area (Å²) in [6.07, 6.45) is 0.00125. The van der Waals surface area contributed by atoms with Gasteiger partial charge in [-0.15, -0.1) is 0 Å². The Morgan fingerprint density at radius 2 is 2.00 bits per heavy atom. The summed E-state index contributed by atoms with van der Waals surface area (Å²) in [5.74, 6) is -0.145. The van der Waals surface area contributed by atoms with Crippen molar-refractivity contribution in [3.8, 4) is 0 Å². The van der Waals surface area contributed by atoms with Crippen LogP contribution >= 0.6 is 23.2 Å². The second-order valence-corrected chi connectivity index (χ2v) is 6.97. The molecule has 7 nitrogen and oxygen atoms in total. The SMILES string of the molecule is CN1CCN(C2=N[C@@H](C(=O)Nc3cc(Cl)ccc3Cl)CC(=O)N2)CC1. The highest BCUT2D eigenvalue weighted by Crippen LogP contribution is 2.26. The monoisotopic (exact) mass is 383 g/mol. The van der Waals surface area contributed by atoms with E-state index >= 15 is 0 Å². The number of likely N-dealkylation sites (N-methyl/N-ethyl adjacent to an activating group) is 1. The summed E-state index contributed by atoms with van der Waals surface area (Å²) >= 11 is 12.0. The van der Waals surface area contributed by atoms with Crippen molar-refractivity contribution in [2.75, 3.05) is 38.5 Å². The van der Waals surface area contributed by atoms with Crippen LogP contribution in [0.5, 0.6) is 0 Å². The molecule has 0 spiro atoms. The van der Waals surface area contributed by atoms with Crippen LogP contribution in [0.4, 0.5) is 5.69 Å². The predicted octanol–water partition coefficient (Wildman–Crippen LogP) is 1.42. The van der Waals surface area contributed by atoms with Crippen molar-refractivity contribution in [2.24, 2.45) is 4.99 Å². The van der Waals surface area contributed by atoms with Crippen molar-refractivity contribution in [3.05, 3.63) is 28.2 Å². The molecule has 0 radical (unpaired) electrons. The summed E-state index contributed by atoms with van der Waals surface area (Å²) in [4.78, 5) is 33.2. The highest BCUT2D eigenvalue weighted by atomic mass is 35.5. The number of piperazine rings is 1. The number of amides is 2. The lowest BCUT2D eigenvalue weighted by molar-refractivity contribution is -0.125. The van der Waals surface area contributed by atoms with Crippen LogP contribution in [0.15, 0.2) is 23.2 Å². The Balaban J connectivity index is 1.73. The number of carbonyl (C=O) groups is 2. The van der Waals surface area contributed by atoms with Gasteiger partial charge in [-0.2, -0.15) is 0 Å². The summed E-state index contributed by atoms with van der Waals surface area (Å²) in [5, 5.41) is 6.30. The predicted molar refractivity (Wildman–Crippen MR) is 98.1 cm³/mol. The lowest BCUT2D eigenvalue weighted by atomic mass is 10.1. The summed E-state index contributed by atoms with van der Waals surface area (Å²) in [6.45, 7) is 3.27. The highest BCUT2D eigenvalue weighted by molar-refractivity contribution is 6.35. The lowest BCUT2D eigenvalue weighted by Gasteiger charge is -2.36. The van der Waals surface area contributed by atoms with Crippen LogP contribution in [0.1, 0.15) is 6.42 Å². The molecule has 1 aromatic carbocycles. The Morgan fingerprint density at radius 1 is 1.28 bits per heavy atom. The number of halogens is 2. The molecule has 2 aliphatic rings. The number of rotatable bonds is 2. The van der Waals surface area contributed by atoms with Gasteiger partial charge in [-0.3, -0.25) is 14.9 Å². The number of nitrogens with one attached hydrogen (secondary N) is 2. The fourth-order valence-corrected chi connectivity index (χ4v) is 3.05. The van der Waals surface area contributed by atoms with Crippen molar-refractivity contribution in [3.63, 3.8) is 0 Å². The Bertz CT molecular complexity index is 716. The van der Waals surface area contributed by atoms with E-state index in [0.29, 0.717) is 21.7 Å². The molecule has 0 aliphatic carbocycles. The van der Waals surface area contributed by atoms with Gasteiger partial charge in [0.15, 0.2) is 0 Å². The zero-order chi connectivity index (χ0) is 18.0. The van der Waals surface area contributed by atoms with Gasteiger partial charge in [0.1, 0.15) is 6.04 Å². The quantitative estimate of drug-likeness (QED) is 0.809. The van der Waals surface area contributed by atoms with Crippen molar-refractivity contribution >= 4 is 46.7 Å². The zero-order valence-electron chi connectivity index (χ0n) is 13.8. The first-order valence-electron chi connectivity index (χ1n) is 7.99. The maximum absolute atomic E-state index is 12.5. The van der Waals surface area contributed by atoms with Gasteiger partial charge in [0.05, 0.1) is 17.1 Å². The summed E-state index contributed by atoms with van der Waals surface area (Å²) in [6, 6.07) is 4.01. The molecule has 1 atom stereocenters. The van der Waals surface area contributed by atoms with Gasteiger partial charge in [-0.25, -0.2) is 4.99 Å². The minimum absolute atomic E-state index is 0.00125. The minimum atomic E-state index is -0.793. The Hall–Kier alpha value is -1.83. The number of anilines is 1. The van der Waals surface area contributed by atoms with Crippen molar-refractivity contribution in [2.45, 2.75) is 12.5 Å². The van der Waals surface area contributed by atoms with Crippen LogP contribution in [0.25, 0.3) is 0 Å². The van der Waals surface area contributed by atoms with E-state index < -0.39 is 6.04 Å². The van der Waals surface area contributed by atoms with Gasteiger partial charge in [0.25, 0.3) is 0 Å². The normalized spacial score (nSPS) is 21.6. The smallest absolute Gasteiger partial charge is 0.249 e. The van der Waals surface area contributed by atoms with Gasteiger partial charge in [0.2, 0.25) is 17.8 Å². The molecule has 25 heavy (non-hydrogen) atoms. The van der Waals surface area contributed by atoms with E-state index in [1.54, 1.807) is 18.2 Å². The Kier molecular flexibility index (Phi) is 5.46. The molecule has 9 heteroatoms. The van der Waals surface area contributed by atoms with Crippen LogP contribution in [0, 0.1) is 0 Å². The van der Waals surface area contributed by atoms with E-state index in [0.717, 1.165) is 26.2 Å². The number of carbonyl (C=O) groups excluding carboxylic acids is 2. The minimum Gasteiger partial charge on any atom is -0.340 e. The summed E-state index contributed by atoms with van der Waals surface area (Å²) in [5.41, 5.74) is 0.404. The first kappa shape index (κ1) is 18.0. The number of nitrogens with zero attached hydrogens (tertiary/aromatic N) is 3. The average Bonchev–Trinajstić information content (AvgIpc) is 2.58. The maximum atomic E-state index is 12.5. The fraction of sp³-hybridized carbons (Fsp3) is 0.438. The van der Waals surface area contributed by atoms with Gasteiger partial charge < -0.3 is 15.1 Å². The van der Waals surface area contributed by atoms with Gasteiger partial charge >= 0.3 is 0 Å². The summed E-state index contributed by atoms with van der Waals surface area (Å²) in [7, 11) is 2.05. The molecular formula is C16H19Cl2N5O2. The number of benzene rings is 1. The molecule has 134 valence electrons. The third-order valence-corrected chi connectivity index (χ3v) is 4.76. The fourth-order valence-electron chi connectivity index (χ4n) is 2.72. The topological polar surface area (TPSA) is 77.0 Å². The molecule has 1 fully saturated rings. The third-order valence-electron chi connectivity index (χ3n) is 4.20. The molecule has 1 saturated heterocycles. The molecular weight excluding hydrogens is 365 g/mol. The maximum Gasteiger partial charge on any atom is 0.249 e. The largest absolute Gasteiger partial charge is 0.340 e. The van der Waals surface area contributed by atoms with Crippen molar-refractivity contribution in [1.82, 2.24) is 15.1 Å². The van der Waals surface area contributed by atoms with Gasteiger partial charge in [-0.1, -0.05) is 23.2 Å². The molecule has 0 bridgehead atoms. The van der Waals surface area contributed by atoms with E-state index in [1.807, 2.05) is 11.9 Å². The van der Waals surface area contributed by atoms with Gasteiger partial charge in [-0.05, 0) is 25.2 Å². The van der Waals surface area contributed by atoms with E-state index in [2.05, 4.69) is 20.5 Å². The first-order chi connectivity index (χ1) is 11.9. The standard InChI is InChI=1S/C16H19Cl2N5O2/c1-22-4-6-23(7-5-22)16-20-13(9-14(24)21-16)15(25)19-12-8-10(17)2-3-11(12)18/h2-3,8,13H,4-7,9H2,1H3,(H,19,25)(H,20,21,24)/t13-/m1/s1. The van der Waals surface area contributed by atoms with Crippen LogP contribution in [-0.2, 0) is 9.59 Å². The molecule has 2 aliphatic heterocycles. The zero-order valence-corrected chi connectivity index (χ0v) is 15.3. The van der Waals surface area contributed by atoms with E-state index in [-0.39, 0.29) is 18.2 Å². The van der Waals surface area contributed by atoms with E-state index in [9.17, 15) is 9.59 Å². The number of guanidine groups is 1. The number of hydrogen-bond acceptors (Lipinski definition) is 5. The lowest BCUT2D eigenvalue weighted by Crippen LogP contribution is -2.55. The molecule has 0 unspecified atom stereocenters. The first-order valence-corrected chi connectivity index (χ1v) is 8.75. The highest BCUT2D eigenvalue weighted by Gasteiger charge is 2.30. The molecule has 2 heterocycles. The molecule has 2 N–H and O–H groups in total. The van der Waals surface area contributed by atoms with E-state index in [1.165, 1.54) is 0 Å². The molecule has 2 amide bonds. The molecule has 0 aromatic heterocycles. The Morgan fingerprint density at radius 3 is 2.72 bits per heavy atom. The average molecular weight is 384 g/mol. The number of hydrogen-bond donors (Lipinski definition) is 2. The molecule has 1 aromatic rings. The van der Waals surface area contributed by atoms with Crippen molar-refractivity contribution in [1.29, 1.82) is 0 Å². The van der Waals surface area contributed by atoms with Gasteiger partial charge in [0, 0.05) is 31.2 Å². The van der Waals surface area contributed by atoms with Crippen LogP contribution < -0.4 is 10.6 Å². The Labute approximate surface area is 156 Å². The second-order valence-electron chi connectivity index (χ2n) is 6.12. The number of aliphatic imine (C=N–C) groups is 1. The van der Waals surface area contributed by atoms with Crippen molar-refractivity contribution < 1.29 is 9.59 Å². The molecule has 0 saturated carbocycles. The molecule has 3 rings (SSSR count). The van der Waals surface area contributed by atoms with Crippen LogP contribution in [-0.4, -0.2) is 66.8 Å².